The van der Waals surface area contributed by atoms with Crippen molar-refractivity contribution in [2.75, 3.05) is 13.2 Å². The first-order valence-corrected chi connectivity index (χ1v) is 5.96. The predicted octanol–water partition coefficient (Wildman–Crippen LogP) is 3.34. The lowest BCUT2D eigenvalue weighted by Crippen LogP contribution is -2.30. The molecule has 90 valence electrons. The average Bonchev–Trinajstić information content (AvgIpc) is 2.35. The summed E-state index contributed by atoms with van der Waals surface area (Å²) < 4.78 is 18.9. The smallest absolute Gasteiger partial charge is 0.126 e. The lowest BCUT2D eigenvalue weighted by molar-refractivity contribution is 0.0403. The van der Waals surface area contributed by atoms with Gasteiger partial charge in [-0.2, -0.15) is 5.26 Å². The normalized spacial score (nSPS) is 18.6. The van der Waals surface area contributed by atoms with Crippen molar-refractivity contribution in [3.63, 3.8) is 0 Å². The zero-order valence-electron chi connectivity index (χ0n) is 9.38. The molecule has 0 atom stereocenters. The third-order valence-electron chi connectivity index (χ3n) is 3.22. The standard InChI is InChI=1S/C13H13ClFNO/c14-11-1-2-12(15)10(7-11)8-13(9-16)3-5-17-6-4-13/h1-2,7H,3-6,8H2. The van der Waals surface area contributed by atoms with Gasteiger partial charge < -0.3 is 4.74 Å². The summed E-state index contributed by atoms with van der Waals surface area (Å²) in [4.78, 5) is 0. The third kappa shape index (κ3) is 2.77. The maximum absolute atomic E-state index is 13.6. The van der Waals surface area contributed by atoms with Gasteiger partial charge in [-0.25, -0.2) is 4.39 Å². The fraction of sp³-hybridized carbons (Fsp3) is 0.462. The van der Waals surface area contributed by atoms with E-state index in [-0.39, 0.29) is 5.82 Å². The molecule has 0 spiro atoms. The highest BCUT2D eigenvalue weighted by molar-refractivity contribution is 6.30. The van der Waals surface area contributed by atoms with Gasteiger partial charge in [-0.05, 0) is 43.0 Å². The minimum atomic E-state index is -0.510. The molecule has 1 aliphatic rings. The molecule has 0 unspecified atom stereocenters. The molecule has 0 aliphatic carbocycles. The molecule has 17 heavy (non-hydrogen) atoms. The van der Waals surface area contributed by atoms with Gasteiger partial charge >= 0.3 is 0 Å². The Morgan fingerprint density at radius 2 is 2.12 bits per heavy atom. The highest BCUT2D eigenvalue weighted by Gasteiger charge is 2.33. The molecule has 2 nitrogen and oxygen atoms in total. The van der Waals surface area contributed by atoms with Crippen molar-refractivity contribution in [1.29, 1.82) is 5.26 Å². The zero-order chi connectivity index (χ0) is 12.3. The molecule has 0 amide bonds. The van der Waals surface area contributed by atoms with Gasteiger partial charge in [0.2, 0.25) is 0 Å². The van der Waals surface area contributed by atoms with E-state index in [9.17, 15) is 9.65 Å². The van der Waals surface area contributed by atoms with Crippen LogP contribution in [0.25, 0.3) is 0 Å². The van der Waals surface area contributed by atoms with Gasteiger partial charge in [0.25, 0.3) is 0 Å². The van der Waals surface area contributed by atoms with Crippen molar-refractivity contribution < 1.29 is 9.13 Å². The maximum Gasteiger partial charge on any atom is 0.126 e. The molecule has 0 bridgehead atoms. The first-order valence-electron chi connectivity index (χ1n) is 5.58. The summed E-state index contributed by atoms with van der Waals surface area (Å²) in [7, 11) is 0. The summed E-state index contributed by atoms with van der Waals surface area (Å²) in [5.74, 6) is -0.296. The molecule has 0 saturated carbocycles. The molecule has 4 heteroatoms. The lowest BCUT2D eigenvalue weighted by Gasteiger charge is -2.30. The fourth-order valence-electron chi connectivity index (χ4n) is 2.13. The van der Waals surface area contributed by atoms with Crippen molar-refractivity contribution in [3.05, 3.63) is 34.6 Å². The van der Waals surface area contributed by atoms with Crippen LogP contribution in [0.15, 0.2) is 18.2 Å². The number of nitriles is 1. The Morgan fingerprint density at radius 1 is 1.41 bits per heavy atom. The topological polar surface area (TPSA) is 33.0 Å². The van der Waals surface area contributed by atoms with Crippen LogP contribution in [0.5, 0.6) is 0 Å². The SMILES string of the molecule is N#CC1(Cc2cc(Cl)ccc2F)CCOCC1. The molecule has 0 radical (unpaired) electrons. The van der Waals surface area contributed by atoms with Crippen molar-refractivity contribution >= 4 is 11.6 Å². The molecule has 1 aromatic rings. The molecule has 2 rings (SSSR count). The van der Waals surface area contributed by atoms with Crippen LogP contribution in [0, 0.1) is 22.6 Å². The van der Waals surface area contributed by atoms with Crippen molar-refractivity contribution in [2.45, 2.75) is 19.3 Å². The van der Waals surface area contributed by atoms with E-state index in [4.69, 9.17) is 16.3 Å². The zero-order valence-corrected chi connectivity index (χ0v) is 10.1. The second-order valence-corrected chi connectivity index (χ2v) is 4.85. The van der Waals surface area contributed by atoms with Gasteiger partial charge in [0.1, 0.15) is 5.82 Å². The van der Waals surface area contributed by atoms with Gasteiger partial charge in [-0.1, -0.05) is 11.6 Å². The number of hydrogen-bond donors (Lipinski definition) is 0. The molecular formula is C13H13ClFNO. The van der Waals surface area contributed by atoms with Gasteiger partial charge in [0.15, 0.2) is 0 Å². The Kier molecular flexibility index (Phi) is 3.66. The van der Waals surface area contributed by atoms with E-state index < -0.39 is 5.41 Å². The van der Waals surface area contributed by atoms with Crippen molar-refractivity contribution in [1.82, 2.24) is 0 Å². The number of benzene rings is 1. The Balaban J connectivity index is 2.23. The second-order valence-electron chi connectivity index (χ2n) is 4.42. The van der Waals surface area contributed by atoms with E-state index in [0.717, 1.165) is 0 Å². The molecule has 1 fully saturated rings. The van der Waals surface area contributed by atoms with E-state index in [1.54, 1.807) is 6.07 Å². The molecule has 1 heterocycles. The Morgan fingerprint density at radius 3 is 2.76 bits per heavy atom. The van der Waals surface area contributed by atoms with Crippen LogP contribution in [-0.2, 0) is 11.2 Å². The highest BCUT2D eigenvalue weighted by atomic mass is 35.5. The summed E-state index contributed by atoms with van der Waals surface area (Å²) in [6.45, 7) is 1.13. The molecule has 1 aliphatic heterocycles. The molecule has 0 aromatic heterocycles. The Labute approximate surface area is 105 Å². The monoisotopic (exact) mass is 253 g/mol. The van der Waals surface area contributed by atoms with Crippen LogP contribution in [0.2, 0.25) is 5.02 Å². The largest absolute Gasteiger partial charge is 0.381 e. The lowest BCUT2D eigenvalue weighted by atomic mass is 9.76. The number of hydrogen-bond acceptors (Lipinski definition) is 2. The van der Waals surface area contributed by atoms with Gasteiger partial charge in [0.05, 0.1) is 11.5 Å². The predicted molar refractivity (Wildman–Crippen MR) is 63.2 cm³/mol. The molecule has 1 aromatic carbocycles. The van der Waals surface area contributed by atoms with Crippen molar-refractivity contribution in [3.8, 4) is 6.07 Å². The van der Waals surface area contributed by atoms with E-state index in [1.807, 2.05) is 0 Å². The molecule has 1 saturated heterocycles. The molecular weight excluding hydrogens is 241 g/mol. The van der Waals surface area contributed by atoms with Crippen LogP contribution in [-0.4, -0.2) is 13.2 Å². The van der Waals surface area contributed by atoms with Crippen LogP contribution in [0.1, 0.15) is 18.4 Å². The second kappa shape index (κ2) is 5.03. The summed E-state index contributed by atoms with van der Waals surface area (Å²) >= 11 is 5.85. The van der Waals surface area contributed by atoms with Crippen LogP contribution < -0.4 is 0 Å². The fourth-order valence-corrected chi connectivity index (χ4v) is 2.33. The highest BCUT2D eigenvalue weighted by Crippen LogP contribution is 2.34. The third-order valence-corrected chi connectivity index (χ3v) is 3.46. The number of halogens is 2. The van der Waals surface area contributed by atoms with E-state index in [0.29, 0.717) is 43.1 Å². The number of nitrogens with zero attached hydrogens (tertiary/aromatic N) is 1. The quantitative estimate of drug-likeness (QED) is 0.810. The van der Waals surface area contributed by atoms with E-state index >= 15 is 0 Å². The minimum Gasteiger partial charge on any atom is -0.381 e. The van der Waals surface area contributed by atoms with Gasteiger partial charge in [0, 0.05) is 18.2 Å². The van der Waals surface area contributed by atoms with Crippen LogP contribution in [0.4, 0.5) is 4.39 Å². The van der Waals surface area contributed by atoms with Crippen molar-refractivity contribution in [2.24, 2.45) is 5.41 Å². The Hall–Kier alpha value is -1.11. The molecule has 0 N–H and O–H groups in total. The number of rotatable bonds is 2. The summed E-state index contributed by atoms with van der Waals surface area (Å²) in [6, 6.07) is 6.79. The van der Waals surface area contributed by atoms with E-state index in [2.05, 4.69) is 6.07 Å². The Bertz CT molecular complexity index is 449. The first-order chi connectivity index (χ1) is 8.15. The number of ether oxygens (including phenoxy) is 1. The van der Waals surface area contributed by atoms with Crippen LogP contribution >= 0.6 is 11.6 Å². The first kappa shape index (κ1) is 12.3. The summed E-state index contributed by atoms with van der Waals surface area (Å²) in [5.41, 5.74) is 0.00462. The maximum atomic E-state index is 13.6. The van der Waals surface area contributed by atoms with E-state index in [1.165, 1.54) is 12.1 Å². The van der Waals surface area contributed by atoms with Crippen LogP contribution in [0.3, 0.4) is 0 Å². The minimum absolute atomic E-state index is 0.296. The average molecular weight is 254 g/mol. The summed E-state index contributed by atoms with van der Waals surface area (Å²) in [6.07, 6.45) is 1.70. The summed E-state index contributed by atoms with van der Waals surface area (Å²) in [5, 5.41) is 9.80. The van der Waals surface area contributed by atoms with Gasteiger partial charge in [-0.15, -0.1) is 0 Å². The van der Waals surface area contributed by atoms with Gasteiger partial charge in [-0.3, -0.25) is 0 Å².